The fraction of sp³-hybridized carbons (Fsp3) is 0. The molecule has 0 amide bonds. The molecule has 3 N–H and O–H groups in total. The minimum absolute atomic E-state index is 0.375. The monoisotopic (exact) mass is 251 g/mol. The van der Waals surface area contributed by atoms with Crippen LogP contribution in [0.2, 0.25) is 0 Å². The Labute approximate surface area is 107 Å². The van der Waals surface area contributed by atoms with Crippen LogP contribution in [0.1, 0.15) is 0 Å². The smallest absolute Gasteiger partial charge is 0.183 e. The second kappa shape index (κ2) is 3.55. The molecule has 3 heterocycles. The van der Waals surface area contributed by atoms with Crippen molar-refractivity contribution >= 4 is 28.0 Å². The van der Waals surface area contributed by atoms with Crippen LogP contribution in [0.25, 0.3) is 33.7 Å². The van der Waals surface area contributed by atoms with Gasteiger partial charge in [0.2, 0.25) is 0 Å². The summed E-state index contributed by atoms with van der Waals surface area (Å²) >= 11 is 0. The molecular formula is C13H9N5O. The Bertz CT molecular complexity index is 859. The quantitative estimate of drug-likeness (QED) is 0.541. The highest BCUT2D eigenvalue weighted by atomic mass is 16.3. The van der Waals surface area contributed by atoms with Crippen LogP contribution in [0.15, 0.2) is 41.1 Å². The van der Waals surface area contributed by atoms with Crippen LogP contribution in [0, 0.1) is 0 Å². The number of imidazole rings is 1. The predicted molar refractivity (Wildman–Crippen MR) is 71.3 cm³/mol. The van der Waals surface area contributed by atoms with Crippen molar-refractivity contribution in [2.75, 3.05) is 5.73 Å². The summed E-state index contributed by atoms with van der Waals surface area (Å²) in [4.78, 5) is 15.4. The van der Waals surface area contributed by atoms with Gasteiger partial charge in [-0.25, -0.2) is 15.0 Å². The molecule has 19 heavy (non-hydrogen) atoms. The molecule has 6 heteroatoms. The molecule has 0 aliphatic heterocycles. The molecule has 0 spiro atoms. The molecule has 0 saturated carbocycles. The zero-order valence-electron chi connectivity index (χ0n) is 9.79. The predicted octanol–water partition coefficient (Wildman–Crippen LogP) is 2.35. The number of nitrogen functional groups attached to an aromatic ring is 1. The van der Waals surface area contributed by atoms with E-state index in [1.165, 1.54) is 6.33 Å². The van der Waals surface area contributed by atoms with Crippen molar-refractivity contribution in [2.45, 2.75) is 0 Å². The van der Waals surface area contributed by atoms with E-state index in [0.717, 1.165) is 11.0 Å². The first-order valence-electron chi connectivity index (χ1n) is 5.76. The van der Waals surface area contributed by atoms with Crippen LogP contribution in [-0.4, -0.2) is 19.9 Å². The van der Waals surface area contributed by atoms with Crippen LogP contribution < -0.4 is 5.73 Å². The molecule has 0 saturated heterocycles. The molecular weight excluding hydrogens is 242 g/mol. The normalized spacial score (nSPS) is 11.4. The molecule has 0 aliphatic carbocycles. The fourth-order valence-electron chi connectivity index (χ4n) is 2.06. The van der Waals surface area contributed by atoms with Gasteiger partial charge in [0.1, 0.15) is 17.4 Å². The lowest BCUT2D eigenvalue weighted by atomic mass is 10.2. The molecule has 0 aliphatic rings. The first-order chi connectivity index (χ1) is 9.31. The highest BCUT2D eigenvalue weighted by Gasteiger charge is 2.12. The molecule has 4 rings (SSSR count). The van der Waals surface area contributed by atoms with Gasteiger partial charge in [-0.1, -0.05) is 18.2 Å². The number of hydrogen-bond acceptors (Lipinski definition) is 5. The van der Waals surface area contributed by atoms with Crippen molar-refractivity contribution < 1.29 is 4.42 Å². The van der Waals surface area contributed by atoms with Crippen LogP contribution in [-0.2, 0) is 0 Å². The summed E-state index contributed by atoms with van der Waals surface area (Å²) < 4.78 is 5.74. The zero-order valence-corrected chi connectivity index (χ0v) is 9.79. The summed E-state index contributed by atoms with van der Waals surface area (Å²) in [5.41, 5.74) is 7.74. The summed E-state index contributed by atoms with van der Waals surface area (Å²) in [5.74, 6) is 1.62. The number of anilines is 1. The number of benzene rings is 1. The minimum Gasteiger partial charge on any atom is -0.453 e. The average molecular weight is 251 g/mol. The SMILES string of the molecule is Nc1ncnc2nc(-c3cc4ccccc4o3)[nH]c12. The number of furan rings is 1. The molecule has 0 atom stereocenters. The lowest BCUT2D eigenvalue weighted by Crippen LogP contribution is -1.91. The van der Waals surface area contributed by atoms with Gasteiger partial charge in [0.15, 0.2) is 23.0 Å². The van der Waals surface area contributed by atoms with Crippen LogP contribution in [0.5, 0.6) is 0 Å². The van der Waals surface area contributed by atoms with E-state index in [0.29, 0.717) is 28.6 Å². The maximum absolute atomic E-state index is 5.77. The third-order valence-corrected chi connectivity index (χ3v) is 2.98. The van der Waals surface area contributed by atoms with Gasteiger partial charge in [0.25, 0.3) is 0 Å². The van der Waals surface area contributed by atoms with Crippen LogP contribution in [0.3, 0.4) is 0 Å². The van der Waals surface area contributed by atoms with E-state index in [4.69, 9.17) is 10.2 Å². The molecule has 6 nitrogen and oxygen atoms in total. The molecule has 0 radical (unpaired) electrons. The van der Waals surface area contributed by atoms with E-state index in [9.17, 15) is 0 Å². The first kappa shape index (κ1) is 10.1. The van der Waals surface area contributed by atoms with Crippen molar-refractivity contribution in [3.8, 4) is 11.6 Å². The number of nitrogens with zero attached hydrogens (tertiary/aromatic N) is 3. The number of rotatable bonds is 1. The van der Waals surface area contributed by atoms with Crippen molar-refractivity contribution in [2.24, 2.45) is 0 Å². The number of nitrogens with two attached hydrogens (primary N) is 1. The van der Waals surface area contributed by atoms with Crippen molar-refractivity contribution in [3.63, 3.8) is 0 Å². The third-order valence-electron chi connectivity index (χ3n) is 2.98. The van der Waals surface area contributed by atoms with Gasteiger partial charge in [0.05, 0.1) is 0 Å². The number of hydrogen-bond donors (Lipinski definition) is 2. The summed E-state index contributed by atoms with van der Waals surface area (Å²) in [6.07, 6.45) is 1.39. The summed E-state index contributed by atoms with van der Waals surface area (Å²) in [5, 5.41) is 1.03. The highest BCUT2D eigenvalue weighted by Crippen LogP contribution is 2.27. The minimum atomic E-state index is 0.375. The van der Waals surface area contributed by atoms with Gasteiger partial charge in [0, 0.05) is 5.39 Å². The van der Waals surface area contributed by atoms with Crippen LogP contribution in [0.4, 0.5) is 5.82 Å². The Morgan fingerprint density at radius 1 is 1.16 bits per heavy atom. The van der Waals surface area contributed by atoms with E-state index in [1.807, 2.05) is 30.3 Å². The van der Waals surface area contributed by atoms with E-state index in [1.54, 1.807) is 0 Å². The number of nitrogens with one attached hydrogen (secondary N) is 1. The summed E-state index contributed by atoms with van der Waals surface area (Å²) in [6, 6.07) is 9.72. The summed E-state index contributed by atoms with van der Waals surface area (Å²) in [6.45, 7) is 0. The van der Waals surface area contributed by atoms with Gasteiger partial charge in [-0.3, -0.25) is 0 Å². The lowest BCUT2D eigenvalue weighted by Gasteiger charge is -1.90. The van der Waals surface area contributed by atoms with Gasteiger partial charge >= 0.3 is 0 Å². The summed E-state index contributed by atoms with van der Waals surface area (Å²) in [7, 11) is 0. The topological polar surface area (TPSA) is 93.6 Å². The van der Waals surface area contributed by atoms with Gasteiger partial charge in [-0.2, -0.15) is 0 Å². The van der Waals surface area contributed by atoms with Crippen molar-refractivity contribution in [1.29, 1.82) is 0 Å². The Balaban J connectivity index is 1.96. The van der Waals surface area contributed by atoms with E-state index in [2.05, 4.69) is 19.9 Å². The standard InChI is InChI=1S/C13H9N5O/c14-11-10-13(16-6-15-11)18-12(17-10)9-5-7-3-1-2-4-8(7)19-9/h1-6H,(H3,14,15,16,17,18). The van der Waals surface area contributed by atoms with Crippen molar-refractivity contribution in [3.05, 3.63) is 36.7 Å². The Hall–Kier alpha value is -2.89. The molecule has 4 aromatic rings. The van der Waals surface area contributed by atoms with Gasteiger partial charge in [-0.05, 0) is 12.1 Å². The Kier molecular flexibility index (Phi) is 1.88. The zero-order chi connectivity index (χ0) is 12.8. The maximum Gasteiger partial charge on any atom is 0.183 e. The number of aromatic amines is 1. The third kappa shape index (κ3) is 1.46. The largest absolute Gasteiger partial charge is 0.453 e. The second-order valence-electron chi connectivity index (χ2n) is 4.19. The Morgan fingerprint density at radius 2 is 2.05 bits per heavy atom. The van der Waals surface area contributed by atoms with Gasteiger partial charge < -0.3 is 15.1 Å². The number of fused-ring (bicyclic) bond motifs is 2. The van der Waals surface area contributed by atoms with E-state index >= 15 is 0 Å². The molecule has 0 bridgehead atoms. The fourth-order valence-corrected chi connectivity index (χ4v) is 2.06. The molecule has 92 valence electrons. The number of H-pyrrole nitrogens is 1. The molecule has 3 aromatic heterocycles. The molecule has 1 aromatic carbocycles. The average Bonchev–Trinajstić information content (AvgIpc) is 3.02. The van der Waals surface area contributed by atoms with E-state index < -0.39 is 0 Å². The Morgan fingerprint density at radius 3 is 2.89 bits per heavy atom. The number of aromatic nitrogens is 4. The first-order valence-corrected chi connectivity index (χ1v) is 5.76. The van der Waals surface area contributed by atoms with E-state index in [-0.39, 0.29) is 0 Å². The molecule has 0 unspecified atom stereocenters. The number of para-hydroxylation sites is 1. The lowest BCUT2D eigenvalue weighted by molar-refractivity contribution is 0.626. The van der Waals surface area contributed by atoms with Crippen molar-refractivity contribution in [1.82, 2.24) is 19.9 Å². The second-order valence-corrected chi connectivity index (χ2v) is 4.19. The van der Waals surface area contributed by atoms with Crippen LogP contribution >= 0.6 is 0 Å². The maximum atomic E-state index is 5.77. The highest BCUT2D eigenvalue weighted by molar-refractivity contribution is 5.86. The van der Waals surface area contributed by atoms with Gasteiger partial charge in [-0.15, -0.1) is 0 Å². The molecule has 0 fully saturated rings.